The normalized spacial score (nSPS) is 12.4. The van der Waals surface area contributed by atoms with E-state index >= 15 is 0 Å². The summed E-state index contributed by atoms with van der Waals surface area (Å²) in [7, 11) is 0. The van der Waals surface area contributed by atoms with Crippen molar-refractivity contribution in [3.63, 3.8) is 0 Å². The first-order chi connectivity index (χ1) is 10.7. The van der Waals surface area contributed by atoms with Crippen LogP contribution in [0.5, 0.6) is 0 Å². The van der Waals surface area contributed by atoms with Gasteiger partial charge in [0.15, 0.2) is 9.47 Å². The van der Waals surface area contributed by atoms with Gasteiger partial charge in [0, 0.05) is 0 Å². The number of nitrogens with one attached hydrogen (secondary N) is 1. The lowest BCUT2D eigenvalue weighted by molar-refractivity contribution is -0.115. The van der Waals surface area contributed by atoms with Crippen molar-refractivity contribution < 1.29 is 4.79 Å². The Labute approximate surface area is 139 Å². The number of fused-ring (bicyclic) bond motifs is 1. The molecule has 1 amide bonds. The van der Waals surface area contributed by atoms with Crippen molar-refractivity contribution in [3.05, 3.63) is 24.3 Å². The first-order valence-corrected chi connectivity index (χ1v) is 9.09. The topological polar surface area (TPSA) is 93.8 Å². The molecule has 1 atom stereocenters. The number of benzene rings is 1. The first-order valence-electron chi connectivity index (χ1n) is 6.57. The molecule has 114 valence electrons. The number of aromatic nitrogens is 3. The second-order valence-electron chi connectivity index (χ2n) is 4.40. The van der Waals surface area contributed by atoms with E-state index in [9.17, 15) is 4.79 Å². The first kappa shape index (κ1) is 15.2. The zero-order chi connectivity index (χ0) is 15.5. The molecule has 2 heterocycles. The summed E-state index contributed by atoms with van der Waals surface area (Å²) in [5.74, 6) is -0.0830. The molecule has 3 N–H and O–H groups in total. The van der Waals surface area contributed by atoms with Crippen LogP contribution in [0.15, 0.2) is 28.6 Å². The van der Waals surface area contributed by atoms with Gasteiger partial charge in [0.2, 0.25) is 11.0 Å². The Morgan fingerprint density at radius 2 is 2.18 bits per heavy atom. The summed E-state index contributed by atoms with van der Waals surface area (Å²) in [6.45, 7) is 1.96. The molecular weight excluding hydrogens is 338 g/mol. The van der Waals surface area contributed by atoms with Gasteiger partial charge >= 0.3 is 0 Å². The van der Waals surface area contributed by atoms with Gasteiger partial charge in [0.25, 0.3) is 0 Å². The Hall–Kier alpha value is -1.71. The smallest absolute Gasteiger partial charge is 0.239 e. The maximum absolute atomic E-state index is 12.4. The zero-order valence-electron chi connectivity index (χ0n) is 11.6. The van der Waals surface area contributed by atoms with Crippen molar-refractivity contribution in [2.45, 2.75) is 22.9 Å². The molecule has 22 heavy (non-hydrogen) atoms. The van der Waals surface area contributed by atoms with Gasteiger partial charge in [-0.25, -0.2) is 4.98 Å². The molecule has 1 aromatic carbocycles. The highest BCUT2D eigenvalue weighted by Gasteiger charge is 2.21. The molecule has 0 aliphatic heterocycles. The number of thioether (sulfide) groups is 1. The van der Waals surface area contributed by atoms with E-state index in [1.165, 1.54) is 34.4 Å². The summed E-state index contributed by atoms with van der Waals surface area (Å²) in [5.41, 5.74) is 6.45. The quantitative estimate of drug-likeness (QED) is 0.685. The molecule has 0 fully saturated rings. The van der Waals surface area contributed by atoms with Gasteiger partial charge in [-0.3, -0.25) is 4.79 Å². The lowest BCUT2D eigenvalue weighted by Gasteiger charge is -2.11. The monoisotopic (exact) mass is 351 g/mol. The molecule has 0 unspecified atom stereocenters. The van der Waals surface area contributed by atoms with Crippen molar-refractivity contribution in [2.24, 2.45) is 0 Å². The van der Waals surface area contributed by atoms with Crippen LogP contribution in [0.3, 0.4) is 0 Å². The van der Waals surface area contributed by atoms with Crippen LogP contribution >= 0.6 is 34.4 Å². The van der Waals surface area contributed by atoms with Gasteiger partial charge in [-0.2, -0.15) is 0 Å². The molecule has 9 heteroatoms. The van der Waals surface area contributed by atoms with E-state index in [0.717, 1.165) is 10.2 Å². The molecule has 0 saturated carbocycles. The number of para-hydroxylation sites is 1. The zero-order valence-corrected chi connectivity index (χ0v) is 14.1. The summed E-state index contributed by atoms with van der Waals surface area (Å²) in [6.07, 6.45) is 0.681. The van der Waals surface area contributed by atoms with E-state index < -0.39 is 0 Å². The Morgan fingerprint density at radius 3 is 2.86 bits per heavy atom. The Kier molecular flexibility index (Phi) is 4.55. The lowest BCUT2D eigenvalue weighted by Crippen LogP contribution is -2.24. The van der Waals surface area contributed by atoms with Crippen LogP contribution in [-0.2, 0) is 4.79 Å². The number of carbonyl (C=O) groups excluding carboxylic acids is 1. The number of nitrogen functional groups attached to an aromatic ring is 1. The summed E-state index contributed by atoms with van der Waals surface area (Å²) in [5, 5.41) is 11.4. The van der Waals surface area contributed by atoms with Gasteiger partial charge < -0.3 is 11.1 Å². The third-order valence-electron chi connectivity index (χ3n) is 2.85. The van der Waals surface area contributed by atoms with Crippen molar-refractivity contribution in [1.29, 1.82) is 0 Å². The molecule has 0 aliphatic carbocycles. The van der Waals surface area contributed by atoms with Gasteiger partial charge in [-0.1, -0.05) is 53.5 Å². The SMILES string of the molecule is CC[C@H](Sc1nnc(N)s1)C(=O)Nc1nc2ccccc2s1. The van der Waals surface area contributed by atoms with Crippen LogP contribution in [0.4, 0.5) is 10.3 Å². The van der Waals surface area contributed by atoms with Crippen LogP contribution in [0, 0.1) is 0 Å². The molecular formula is C13H13N5OS3. The minimum atomic E-state index is -0.251. The summed E-state index contributed by atoms with van der Waals surface area (Å²) in [6, 6.07) is 7.80. The van der Waals surface area contributed by atoms with E-state index in [-0.39, 0.29) is 11.2 Å². The maximum Gasteiger partial charge on any atom is 0.239 e. The van der Waals surface area contributed by atoms with Crippen LogP contribution in [0.2, 0.25) is 0 Å². The number of amides is 1. The summed E-state index contributed by atoms with van der Waals surface area (Å²) >= 11 is 4.12. The average Bonchev–Trinajstić information content (AvgIpc) is 3.09. The molecule has 0 saturated heterocycles. The Bertz CT molecular complexity index is 767. The van der Waals surface area contributed by atoms with E-state index in [2.05, 4.69) is 20.5 Å². The Morgan fingerprint density at radius 1 is 1.36 bits per heavy atom. The van der Waals surface area contributed by atoms with Crippen LogP contribution < -0.4 is 11.1 Å². The lowest BCUT2D eigenvalue weighted by atomic mass is 10.3. The van der Waals surface area contributed by atoms with Gasteiger partial charge in [0.05, 0.1) is 15.5 Å². The second-order valence-corrected chi connectivity index (χ2v) is 7.89. The highest BCUT2D eigenvalue weighted by molar-refractivity contribution is 8.02. The predicted molar refractivity (Wildman–Crippen MR) is 92.5 cm³/mol. The van der Waals surface area contributed by atoms with Crippen molar-refractivity contribution in [2.75, 3.05) is 11.1 Å². The molecule has 3 rings (SSSR count). The molecule has 6 nitrogen and oxygen atoms in total. The third-order valence-corrected chi connectivity index (χ3v) is 6.01. The number of hydrogen-bond acceptors (Lipinski definition) is 8. The fourth-order valence-electron chi connectivity index (χ4n) is 1.82. The van der Waals surface area contributed by atoms with Crippen molar-refractivity contribution in [3.8, 4) is 0 Å². The number of anilines is 2. The Balaban J connectivity index is 1.71. The minimum Gasteiger partial charge on any atom is -0.374 e. The number of hydrogen-bond donors (Lipinski definition) is 2. The standard InChI is InChI=1S/C13H13N5OS3/c1-2-8(21-13-18-17-11(14)22-13)10(19)16-12-15-7-5-3-4-6-9(7)20-12/h3-6,8H,2H2,1H3,(H2,14,17)(H,15,16,19)/t8-/m0/s1. The van der Waals surface area contributed by atoms with E-state index in [4.69, 9.17) is 5.73 Å². The molecule has 0 bridgehead atoms. The van der Waals surface area contributed by atoms with Crippen molar-refractivity contribution >= 4 is 60.8 Å². The third kappa shape index (κ3) is 3.37. The number of nitrogens with two attached hydrogens (primary N) is 1. The molecule has 2 aromatic heterocycles. The molecule has 0 aliphatic rings. The summed E-state index contributed by atoms with van der Waals surface area (Å²) < 4.78 is 1.75. The maximum atomic E-state index is 12.4. The molecule has 0 radical (unpaired) electrons. The fourth-order valence-corrected chi connectivity index (χ4v) is 4.50. The highest BCUT2D eigenvalue weighted by atomic mass is 32.2. The van der Waals surface area contributed by atoms with Gasteiger partial charge in [0.1, 0.15) is 0 Å². The van der Waals surface area contributed by atoms with Gasteiger partial charge in [-0.15, -0.1) is 10.2 Å². The van der Waals surface area contributed by atoms with Crippen LogP contribution in [-0.4, -0.2) is 26.3 Å². The van der Waals surface area contributed by atoms with Crippen LogP contribution in [0.1, 0.15) is 13.3 Å². The average molecular weight is 351 g/mol. The number of nitrogens with zero attached hydrogens (tertiary/aromatic N) is 3. The molecule has 3 aromatic rings. The number of rotatable bonds is 5. The summed E-state index contributed by atoms with van der Waals surface area (Å²) in [4.78, 5) is 16.8. The van der Waals surface area contributed by atoms with Crippen LogP contribution in [0.25, 0.3) is 10.2 Å². The molecule has 0 spiro atoms. The van der Waals surface area contributed by atoms with Crippen molar-refractivity contribution in [1.82, 2.24) is 15.2 Å². The second kappa shape index (κ2) is 6.59. The van der Waals surface area contributed by atoms with E-state index in [0.29, 0.717) is 21.0 Å². The largest absolute Gasteiger partial charge is 0.374 e. The fraction of sp³-hybridized carbons (Fsp3) is 0.231. The highest BCUT2D eigenvalue weighted by Crippen LogP contribution is 2.31. The van der Waals surface area contributed by atoms with Gasteiger partial charge in [-0.05, 0) is 18.6 Å². The minimum absolute atomic E-state index is 0.0830. The number of thiazole rings is 1. The van der Waals surface area contributed by atoms with E-state index in [1.807, 2.05) is 31.2 Å². The predicted octanol–water partition coefficient (Wildman–Crippen LogP) is 3.24. The van der Waals surface area contributed by atoms with E-state index in [1.54, 1.807) is 0 Å². The number of carbonyl (C=O) groups is 1.